The van der Waals surface area contributed by atoms with Crippen LogP contribution >= 0.6 is 11.6 Å². The van der Waals surface area contributed by atoms with Crippen LogP contribution in [0.3, 0.4) is 0 Å². The summed E-state index contributed by atoms with van der Waals surface area (Å²) in [6.07, 6.45) is -5.03. The van der Waals surface area contributed by atoms with Gasteiger partial charge in [-0.05, 0) is 26.0 Å². The van der Waals surface area contributed by atoms with Crippen molar-refractivity contribution in [3.63, 3.8) is 0 Å². The molecule has 0 amide bonds. The molecule has 0 fully saturated rings. The van der Waals surface area contributed by atoms with Crippen molar-refractivity contribution in [2.45, 2.75) is 25.6 Å². The number of esters is 1. The molecule has 1 aromatic heterocycles. The number of carbonyl (C=O) groups excluding carboxylic acids is 2. The zero-order valence-corrected chi connectivity index (χ0v) is 16.2. The van der Waals surface area contributed by atoms with Crippen LogP contribution in [0.2, 0.25) is 5.02 Å². The Morgan fingerprint density at radius 3 is 2.20 bits per heavy atom. The van der Waals surface area contributed by atoms with Crippen LogP contribution in [0.4, 0.5) is 17.6 Å². The molecule has 2 rings (SSSR count). The zero-order chi connectivity index (χ0) is 23.2. The van der Waals surface area contributed by atoms with Gasteiger partial charge in [-0.3, -0.25) is 9.36 Å². The van der Waals surface area contributed by atoms with E-state index < -0.39 is 62.7 Å². The summed E-state index contributed by atoms with van der Waals surface area (Å²) in [7, 11) is 0.715. The van der Waals surface area contributed by atoms with Crippen LogP contribution < -0.4 is 16.4 Å². The third kappa shape index (κ3) is 4.22. The Morgan fingerprint density at radius 2 is 1.70 bits per heavy atom. The van der Waals surface area contributed by atoms with Gasteiger partial charge in [0.15, 0.2) is 0 Å². The van der Waals surface area contributed by atoms with Crippen molar-refractivity contribution in [2.24, 2.45) is 7.05 Å². The third-order valence-corrected chi connectivity index (χ3v) is 4.26. The Kier molecular flexibility index (Phi) is 5.86. The molecule has 0 aliphatic rings. The fourth-order valence-corrected chi connectivity index (χ4v) is 2.54. The number of aromatic nitrogens is 2. The minimum Gasteiger partial charge on any atom is -0.546 e. The number of ether oxygens (including phenoxy) is 1. The molecule has 0 aliphatic heterocycles. The number of carbonyl (C=O) groups is 2. The molecule has 0 radical (unpaired) electrons. The monoisotopic (exact) mass is 451 g/mol. The first-order valence-corrected chi connectivity index (χ1v) is 8.30. The molecule has 0 atom stereocenters. The van der Waals surface area contributed by atoms with Crippen molar-refractivity contribution in [1.82, 2.24) is 9.13 Å². The van der Waals surface area contributed by atoms with E-state index in [1.54, 1.807) is 0 Å². The lowest BCUT2D eigenvalue weighted by Crippen LogP contribution is -2.47. The lowest BCUT2D eigenvalue weighted by molar-refractivity contribution is -0.321. The van der Waals surface area contributed by atoms with Crippen LogP contribution in [0.5, 0.6) is 0 Å². The molecule has 0 unspecified atom stereocenters. The van der Waals surface area contributed by atoms with Crippen molar-refractivity contribution in [2.75, 3.05) is 0 Å². The molecule has 0 saturated heterocycles. The van der Waals surface area contributed by atoms with Crippen molar-refractivity contribution >= 4 is 23.5 Å². The number of carboxylic acids is 1. The first-order valence-electron chi connectivity index (χ1n) is 7.92. The normalized spacial score (nSPS) is 12.0. The molecule has 0 aliphatic carbocycles. The Balaban J connectivity index is 2.71. The van der Waals surface area contributed by atoms with Gasteiger partial charge in [0.05, 0.1) is 22.2 Å². The number of carboxylic acid groups (broad SMARTS) is 1. The first kappa shape index (κ1) is 23.1. The van der Waals surface area contributed by atoms with Crippen LogP contribution in [-0.2, 0) is 22.8 Å². The lowest BCUT2D eigenvalue weighted by atomic mass is 10.1. The van der Waals surface area contributed by atoms with Gasteiger partial charge >= 0.3 is 17.8 Å². The number of alkyl halides is 3. The SMILES string of the molecule is Cn1c(C(F)(F)F)cc(=O)n(-c2cc(C(=O)OC(C)(C)C(=O)[O-])c(Cl)cc2F)c1=O. The fourth-order valence-electron chi connectivity index (χ4n) is 2.31. The Labute approximate surface area is 169 Å². The quantitative estimate of drug-likeness (QED) is 0.507. The topological polar surface area (TPSA) is 110 Å². The van der Waals surface area contributed by atoms with E-state index in [4.69, 9.17) is 16.3 Å². The minimum absolute atomic E-state index is 0.0571. The van der Waals surface area contributed by atoms with Crippen LogP contribution in [-0.4, -0.2) is 26.7 Å². The van der Waals surface area contributed by atoms with Gasteiger partial charge in [0, 0.05) is 13.1 Å². The molecular weight excluding hydrogens is 440 g/mol. The predicted octanol–water partition coefficient (Wildman–Crippen LogP) is 1.03. The maximum atomic E-state index is 14.4. The molecular formula is C17H12ClF4N2O6-. The molecule has 13 heteroatoms. The second-order valence-corrected chi connectivity index (χ2v) is 6.92. The van der Waals surface area contributed by atoms with E-state index in [1.807, 2.05) is 0 Å². The zero-order valence-electron chi connectivity index (χ0n) is 15.5. The summed E-state index contributed by atoms with van der Waals surface area (Å²) in [6, 6.07) is 1.18. The van der Waals surface area contributed by atoms with Crippen molar-refractivity contribution in [3.05, 3.63) is 61.1 Å². The number of halogens is 5. The van der Waals surface area contributed by atoms with Crippen LogP contribution in [0.15, 0.2) is 27.8 Å². The number of aliphatic carboxylic acids is 1. The maximum absolute atomic E-state index is 14.4. The summed E-state index contributed by atoms with van der Waals surface area (Å²) in [5.74, 6) is -4.44. The van der Waals surface area contributed by atoms with Gasteiger partial charge in [0.25, 0.3) is 5.56 Å². The van der Waals surface area contributed by atoms with Gasteiger partial charge in [-0.1, -0.05) is 11.6 Å². The number of hydrogen-bond donors (Lipinski definition) is 0. The van der Waals surface area contributed by atoms with Gasteiger partial charge in [-0.15, -0.1) is 0 Å². The van der Waals surface area contributed by atoms with E-state index in [9.17, 15) is 41.8 Å². The van der Waals surface area contributed by atoms with Crippen LogP contribution in [0.1, 0.15) is 29.9 Å². The summed E-state index contributed by atoms with van der Waals surface area (Å²) in [5, 5.41) is 10.4. The molecule has 2 aromatic rings. The molecule has 8 nitrogen and oxygen atoms in total. The second-order valence-electron chi connectivity index (χ2n) is 6.51. The number of nitrogens with zero attached hydrogens (tertiary/aromatic N) is 2. The van der Waals surface area contributed by atoms with Gasteiger partial charge in [-0.25, -0.2) is 18.5 Å². The summed E-state index contributed by atoms with van der Waals surface area (Å²) in [4.78, 5) is 47.7. The van der Waals surface area contributed by atoms with E-state index in [2.05, 4.69) is 0 Å². The first-order chi connectivity index (χ1) is 13.6. The predicted molar refractivity (Wildman–Crippen MR) is 91.8 cm³/mol. The van der Waals surface area contributed by atoms with Crippen molar-refractivity contribution in [1.29, 1.82) is 0 Å². The average Bonchev–Trinajstić information content (AvgIpc) is 2.58. The fraction of sp³-hybridized carbons (Fsp3) is 0.294. The van der Waals surface area contributed by atoms with Crippen molar-refractivity contribution in [3.8, 4) is 5.69 Å². The summed E-state index contributed by atoms with van der Waals surface area (Å²) >= 11 is 5.76. The molecule has 0 saturated carbocycles. The highest BCUT2D eigenvalue weighted by molar-refractivity contribution is 6.33. The smallest absolute Gasteiger partial charge is 0.431 e. The summed E-state index contributed by atoms with van der Waals surface area (Å²) in [5.41, 5.74) is -8.30. The highest BCUT2D eigenvalue weighted by atomic mass is 35.5. The highest BCUT2D eigenvalue weighted by Gasteiger charge is 2.35. The molecule has 1 heterocycles. The van der Waals surface area contributed by atoms with Gasteiger partial charge in [0.2, 0.25) is 0 Å². The molecule has 1 aromatic carbocycles. The Morgan fingerprint density at radius 1 is 1.13 bits per heavy atom. The number of rotatable bonds is 4. The highest BCUT2D eigenvalue weighted by Crippen LogP contribution is 2.28. The molecule has 0 bridgehead atoms. The molecule has 30 heavy (non-hydrogen) atoms. The number of benzene rings is 1. The van der Waals surface area contributed by atoms with E-state index in [1.165, 1.54) is 0 Å². The van der Waals surface area contributed by atoms with Gasteiger partial charge in [-0.2, -0.15) is 13.2 Å². The van der Waals surface area contributed by atoms with E-state index in [0.717, 1.165) is 13.8 Å². The standard InChI is InChI=1S/C17H13ClF4N2O6/c1-16(2,14(27)28)30-13(26)7-4-10(9(19)5-8(7)18)24-12(25)6-11(17(20,21)22)23(3)15(24)29/h4-6H,1-3H3,(H,27,28)/p-1. The minimum atomic E-state index is -5.03. The lowest BCUT2D eigenvalue weighted by Gasteiger charge is -2.26. The second kappa shape index (κ2) is 7.59. The molecule has 0 N–H and O–H groups in total. The Bertz CT molecular complexity index is 1170. The van der Waals surface area contributed by atoms with Crippen LogP contribution in [0.25, 0.3) is 5.69 Å². The maximum Gasteiger partial charge on any atom is 0.431 e. The molecule has 162 valence electrons. The van der Waals surface area contributed by atoms with Crippen molar-refractivity contribution < 1.29 is 37.0 Å². The van der Waals surface area contributed by atoms with Gasteiger partial charge < -0.3 is 14.6 Å². The number of hydrogen-bond acceptors (Lipinski definition) is 6. The van der Waals surface area contributed by atoms with E-state index in [-0.39, 0.29) is 15.2 Å². The average molecular weight is 452 g/mol. The summed E-state index contributed by atoms with van der Waals surface area (Å²) < 4.78 is 58.1. The largest absolute Gasteiger partial charge is 0.546 e. The Hall–Kier alpha value is -3.15. The molecule has 0 spiro atoms. The van der Waals surface area contributed by atoms with Crippen LogP contribution in [0, 0.1) is 5.82 Å². The van der Waals surface area contributed by atoms with E-state index >= 15 is 0 Å². The summed E-state index contributed by atoms with van der Waals surface area (Å²) in [6.45, 7) is 1.96. The van der Waals surface area contributed by atoms with Gasteiger partial charge in [0.1, 0.15) is 17.1 Å². The third-order valence-electron chi connectivity index (χ3n) is 3.95. The van der Waals surface area contributed by atoms with E-state index in [0.29, 0.717) is 19.2 Å².